The molecule has 0 unspecified atom stereocenters. The van der Waals surface area contributed by atoms with Crippen molar-refractivity contribution in [2.45, 2.75) is 97.3 Å². The van der Waals surface area contributed by atoms with Crippen LogP contribution < -0.4 is 20.4 Å². The lowest BCUT2D eigenvalue weighted by Crippen LogP contribution is -2.22. The molecule has 5 aromatic carbocycles. The number of carboxylic acids is 1. The van der Waals surface area contributed by atoms with Gasteiger partial charge in [0.05, 0.1) is 57.4 Å². The molecule has 0 aliphatic carbocycles. The average molecular weight is 982 g/mol. The topological polar surface area (TPSA) is 179 Å². The Morgan fingerprint density at radius 3 is 2.07 bits per heavy atom. The van der Waals surface area contributed by atoms with Crippen LogP contribution >= 0.6 is 11.6 Å². The van der Waals surface area contributed by atoms with Crippen molar-refractivity contribution in [2.24, 2.45) is 0 Å². The summed E-state index contributed by atoms with van der Waals surface area (Å²) in [4.78, 5) is 50.8. The first-order valence-corrected chi connectivity index (χ1v) is 23.4. The SMILES string of the molecule is CCCCCCCCCCCCOC(=O)Cc1c(C(F)(F)F)c2cc(Cl)c(OCc3c(C)nn(-c4ccccc4)c3Oc3cc(NC(=O)c4ccc(C(=O)O)cc4)c(O)c4ccccc34)cc2oc1=O. The third-order valence-corrected chi connectivity index (χ3v) is 12.1. The number of rotatable bonds is 22. The van der Waals surface area contributed by atoms with Crippen LogP contribution in [0.5, 0.6) is 23.1 Å². The molecule has 0 fully saturated rings. The average Bonchev–Trinajstić information content (AvgIpc) is 3.65. The van der Waals surface area contributed by atoms with Crippen LogP contribution in [0.2, 0.25) is 5.02 Å². The maximum atomic E-state index is 14.8. The van der Waals surface area contributed by atoms with Gasteiger partial charge in [0.15, 0.2) is 0 Å². The molecule has 0 spiro atoms. The number of phenolic OH excluding ortho intramolecular Hbond substituents is 1. The van der Waals surface area contributed by atoms with E-state index in [1.807, 2.05) is 0 Å². The molecule has 0 aliphatic heterocycles. The summed E-state index contributed by atoms with van der Waals surface area (Å²) in [6.45, 7) is 3.54. The first-order valence-electron chi connectivity index (χ1n) is 23.0. The predicted molar refractivity (Wildman–Crippen MR) is 259 cm³/mol. The Balaban J connectivity index is 1.14. The Bertz CT molecular complexity index is 3060. The highest BCUT2D eigenvalue weighted by Crippen LogP contribution is 2.44. The van der Waals surface area contributed by atoms with E-state index in [4.69, 9.17) is 35.3 Å². The summed E-state index contributed by atoms with van der Waals surface area (Å²) in [5, 5.41) is 28.0. The zero-order valence-electron chi connectivity index (χ0n) is 38.5. The molecule has 2 aromatic heterocycles. The number of ether oxygens (including phenoxy) is 3. The van der Waals surface area contributed by atoms with Gasteiger partial charge in [-0.1, -0.05) is 119 Å². The zero-order chi connectivity index (χ0) is 50.0. The van der Waals surface area contributed by atoms with E-state index in [1.54, 1.807) is 61.5 Å². The Hall–Kier alpha value is -7.33. The van der Waals surface area contributed by atoms with E-state index < -0.39 is 58.2 Å². The molecule has 17 heteroatoms. The first kappa shape index (κ1) is 50.5. The van der Waals surface area contributed by atoms with Crippen molar-refractivity contribution in [2.75, 3.05) is 11.9 Å². The molecule has 0 atom stereocenters. The number of aromatic nitrogens is 2. The summed E-state index contributed by atoms with van der Waals surface area (Å²) < 4.78 is 69.3. The van der Waals surface area contributed by atoms with Crippen LogP contribution in [0.1, 0.15) is 114 Å². The highest BCUT2D eigenvalue weighted by molar-refractivity contribution is 6.32. The number of fused-ring (bicyclic) bond motifs is 2. The standard InChI is InChI=1S/C53H51ClF3N3O10/c1-3-4-5-6-7-8-9-10-11-17-26-67-46(61)28-39-47(53(55,56)57)38-27-41(54)45(30-44(38)70-52(39)66)68-31-40-32(2)59-60(35-18-13-12-14-19-35)50(40)69-43-29-42(48(62)37-21-16-15-20-36(37)43)58-49(63)33-22-24-34(25-23-33)51(64)65/h12-16,18-25,27,29-30,62H,3-11,17,26,28,31H2,1-2H3,(H,58,63)(H,64,65). The molecule has 3 N–H and O–H groups in total. The summed E-state index contributed by atoms with van der Waals surface area (Å²) in [7, 11) is 0. The number of amides is 1. The molecule has 0 saturated carbocycles. The van der Waals surface area contributed by atoms with Crippen LogP contribution in [0.25, 0.3) is 27.4 Å². The number of nitrogens with one attached hydrogen (secondary N) is 1. The second-order valence-electron chi connectivity index (χ2n) is 16.8. The van der Waals surface area contributed by atoms with Gasteiger partial charge < -0.3 is 34.2 Å². The number of halogens is 4. The van der Waals surface area contributed by atoms with E-state index in [2.05, 4.69) is 12.2 Å². The number of carboxylic acid groups (broad SMARTS) is 1. The van der Waals surface area contributed by atoms with E-state index >= 15 is 0 Å². The summed E-state index contributed by atoms with van der Waals surface area (Å²) in [5.74, 6) is -2.94. The van der Waals surface area contributed by atoms with E-state index in [1.165, 1.54) is 67.1 Å². The Morgan fingerprint density at radius 2 is 1.41 bits per heavy atom. The largest absolute Gasteiger partial charge is 0.505 e. The molecule has 70 heavy (non-hydrogen) atoms. The Kier molecular flexibility index (Phi) is 16.5. The normalized spacial score (nSPS) is 11.5. The predicted octanol–water partition coefficient (Wildman–Crippen LogP) is 13.1. The minimum absolute atomic E-state index is 0.0115. The number of anilines is 1. The fourth-order valence-electron chi connectivity index (χ4n) is 8.08. The van der Waals surface area contributed by atoms with Gasteiger partial charge in [0, 0.05) is 33.9 Å². The van der Waals surface area contributed by atoms with Gasteiger partial charge in [-0.25, -0.2) is 14.3 Å². The number of esters is 1. The van der Waals surface area contributed by atoms with Crippen molar-refractivity contribution in [1.82, 2.24) is 9.78 Å². The summed E-state index contributed by atoms with van der Waals surface area (Å²) in [6.07, 6.45) is 4.48. The van der Waals surface area contributed by atoms with Gasteiger partial charge in [0.2, 0.25) is 5.88 Å². The van der Waals surface area contributed by atoms with E-state index in [0.29, 0.717) is 34.1 Å². The zero-order valence-corrected chi connectivity index (χ0v) is 39.3. The second-order valence-corrected chi connectivity index (χ2v) is 17.2. The minimum atomic E-state index is -5.09. The van der Waals surface area contributed by atoms with E-state index in [-0.39, 0.29) is 58.2 Å². The van der Waals surface area contributed by atoms with Gasteiger partial charge in [0.25, 0.3) is 5.91 Å². The van der Waals surface area contributed by atoms with Gasteiger partial charge in [-0.2, -0.15) is 18.3 Å². The number of phenols is 1. The van der Waals surface area contributed by atoms with Crippen LogP contribution in [-0.4, -0.2) is 44.4 Å². The molecule has 1 amide bonds. The Morgan fingerprint density at radius 1 is 0.786 bits per heavy atom. The van der Waals surface area contributed by atoms with Crippen LogP contribution in [0.3, 0.4) is 0 Å². The lowest BCUT2D eigenvalue weighted by atomic mass is 10.0. The molecule has 366 valence electrons. The van der Waals surface area contributed by atoms with Crippen LogP contribution in [0.15, 0.2) is 106 Å². The molecule has 0 bridgehead atoms. The highest BCUT2D eigenvalue weighted by Gasteiger charge is 2.39. The third-order valence-electron chi connectivity index (χ3n) is 11.8. The van der Waals surface area contributed by atoms with Gasteiger partial charge in [0.1, 0.15) is 29.4 Å². The number of hydrogen-bond acceptors (Lipinski definition) is 10. The number of benzene rings is 5. The minimum Gasteiger partial charge on any atom is -0.505 e. The van der Waals surface area contributed by atoms with Crippen LogP contribution in [0.4, 0.5) is 18.9 Å². The lowest BCUT2D eigenvalue weighted by Gasteiger charge is -2.17. The van der Waals surface area contributed by atoms with Gasteiger partial charge in [-0.05, 0) is 55.8 Å². The number of carbonyl (C=O) groups is 3. The molecule has 0 radical (unpaired) electrons. The van der Waals surface area contributed by atoms with E-state index in [0.717, 1.165) is 37.8 Å². The summed E-state index contributed by atoms with van der Waals surface area (Å²) >= 11 is 6.62. The molecule has 2 heterocycles. The molecule has 7 rings (SSSR count). The van der Waals surface area contributed by atoms with Crippen molar-refractivity contribution in [3.05, 3.63) is 146 Å². The maximum absolute atomic E-state index is 14.8. The molecule has 0 saturated heterocycles. The van der Waals surface area contributed by atoms with Gasteiger partial charge in [-0.3, -0.25) is 9.59 Å². The van der Waals surface area contributed by atoms with Crippen molar-refractivity contribution in [3.8, 4) is 28.8 Å². The number of aryl methyl sites for hydroxylation is 1. The van der Waals surface area contributed by atoms with Crippen LogP contribution in [0, 0.1) is 6.92 Å². The maximum Gasteiger partial charge on any atom is 0.417 e. The summed E-state index contributed by atoms with van der Waals surface area (Å²) in [6, 6.07) is 24.3. The lowest BCUT2D eigenvalue weighted by molar-refractivity contribution is -0.144. The van der Waals surface area contributed by atoms with Crippen molar-refractivity contribution >= 4 is 56.9 Å². The number of nitrogens with zero attached hydrogens (tertiary/aromatic N) is 2. The van der Waals surface area contributed by atoms with Crippen molar-refractivity contribution in [3.63, 3.8) is 0 Å². The quantitative estimate of drug-likeness (QED) is 0.0255. The monoisotopic (exact) mass is 981 g/mol. The molecular formula is C53H51ClF3N3O10. The van der Waals surface area contributed by atoms with Gasteiger partial charge in [-0.15, -0.1) is 0 Å². The number of aromatic carboxylic acids is 1. The Labute approximate surface area is 405 Å². The smallest absolute Gasteiger partial charge is 0.417 e. The number of alkyl halides is 3. The fraction of sp³-hybridized carbons (Fsp3) is 0.302. The molecule has 0 aliphatic rings. The van der Waals surface area contributed by atoms with Crippen molar-refractivity contribution in [1.29, 1.82) is 0 Å². The molecule has 7 aromatic rings. The van der Waals surface area contributed by atoms with Gasteiger partial charge >= 0.3 is 23.7 Å². The second kappa shape index (κ2) is 22.9. The number of para-hydroxylation sites is 1. The third kappa shape index (κ3) is 12.1. The highest BCUT2D eigenvalue weighted by atomic mass is 35.5. The number of aromatic hydroxyl groups is 1. The number of hydrogen-bond donors (Lipinski definition) is 3. The summed E-state index contributed by atoms with van der Waals surface area (Å²) in [5.41, 5.74) is -2.73. The van der Waals surface area contributed by atoms with Crippen LogP contribution in [-0.2, 0) is 28.7 Å². The molecule has 13 nitrogen and oxygen atoms in total. The van der Waals surface area contributed by atoms with E-state index in [9.17, 15) is 42.6 Å². The first-order chi connectivity index (χ1) is 33.6. The number of carbonyl (C=O) groups excluding carboxylic acids is 2. The van der Waals surface area contributed by atoms with Crippen molar-refractivity contribution < 1.29 is 56.4 Å². The number of unbranched alkanes of at least 4 members (excludes halogenated alkanes) is 9. The fourth-order valence-corrected chi connectivity index (χ4v) is 8.30. The molecular weight excluding hydrogens is 931 g/mol.